The van der Waals surface area contributed by atoms with Crippen molar-refractivity contribution in [1.29, 1.82) is 0 Å². The minimum absolute atomic E-state index is 0.828. The van der Waals surface area contributed by atoms with Crippen LogP contribution in [-0.4, -0.2) is 25.2 Å². The summed E-state index contributed by atoms with van der Waals surface area (Å²) in [7, 11) is 0. The van der Waals surface area contributed by atoms with Crippen LogP contribution in [0.2, 0.25) is 0 Å². The van der Waals surface area contributed by atoms with Gasteiger partial charge in [0.25, 0.3) is 0 Å². The van der Waals surface area contributed by atoms with E-state index in [1.54, 1.807) is 0 Å². The molecule has 0 amide bonds. The molecule has 2 heteroatoms. The average molecular weight is 218 g/mol. The van der Waals surface area contributed by atoms with E-state index in [4.69, 9.17) is 0 Å². The highest BCUT2D eigenvalue weighted by Gasteiger charge is 2.24. The van der Waals surface area contributed by atoms with E-state index in [2.05, 4.69) is 10.6 Å². The van der Waals surface area contributed by atoms with Crippen molar-refractivity contribution in [2.24, 2.45) is 0 Å². The Bertz CT molecular complexity index is 237. The predicted molar refractivity (Wildman–Crippen MR) is 68.5 cm³/mol. The molecule has 1 aliphatic carbocycles. The van der Waals surface area contributed by atoms with E-state index in [-0.39, 0.29) is 0 Å². The van der Waals surface area contributed by atoms with Crippen LogP contribution in [0.1, 0.15) is 25.7 Å². The van der Waals surface area contributed by atoms with Gasteiger partial charge < -0.3 is 10.6 Å². The molecule has 0 atom stereocenters. The van der Waals surface area contributed by atoms with Crippen LogP contribution in [0.3, 0.4) is 0 Å². The van der Waals surface area contributed by atoms with Crippen molar-refractivity contribution < 1.29 is 0 Å². The first-order valence-corrected chi connectivity index (χ1v) is 6.42. The summed E-state index contributed by atoms with van der Waals surface area (Å²) in [6.07, 6.45) is 5.50. The Labute approximate surface area is 98.4 Å². The lowest BCUT2D eigenvalue weighted by Crippen LogP contribution is -2.40. The van der Waals surface area contributed by atoms with Gasteiger partial charge in [-0.05, 0) is 38.8 Å². The molecule has 1 aliphatic heterocycles. The summed E-state index contributed by atoms with van der Waals surface area (Å²) in [4.78, 5) is 0. The maximum absolute atomic E-state index is 3.65. The highest BCUT2D eigenvalue weighted by molar-refractivity contribution is 4.99. The molecule has 1 heterocycles. The number of hydrogen-bond acceptors (Lipinski definition) is 2. The maximum atomic E-state index is 3.65. The van der Waals surface area contributed by atoms with Gasteiger partial charge in [0.2, 0.25) is 0 Å². The van der Waals surface area contributed by atoms with Crippen molar-refractivity contribution in [3.8, 4) is 0 Å². The van der Waals surface area contributed by atoms with Gasteiger partial charge in [0, 0.05) is 12.1 Å². The first-order chi connectivity index (χ1) is 7.95. The van der Waals surface area contributed by atoms with E-state index in [1.165, 1.54) is 38.8 Å². The van der Waals surface area contributed by atoms with Gasteiger partial charge in [-0.1, -0.05) is 36.4 Å². The van der Waals surface area contributed by atoms with Crippen molar-refractivity contribution in [1.82, 2.24) is 10.6 Å². The second kappa shape index (κ2) is 6.66. The van der Waals surface area contributed by atoms with Gasteiger partial charge in [-0.25, -0.2) is 0 Å². The smallest absolute Gasteiger partial charge is 0.00938 e. The molecule has 16 heavy (non-hydrogen) atoms. The standard InChI is InChI=1S/C8H16N2.C6H6/c1-2-7(1)10-8-3-5-9-6-4-8;1-2-4-6-5-3-1/h7-10H,1-6H2;1-6H. The van der Waals surface area contributed by atoms with Gasteiger partial charge in [0.1, 0.15) is 0 Å². The summed E-state index contributed by atoms with van der Waals surface area (Å²) in [6, 6.07) is 13.7. The Hall–Kier alpha value is -0.860. The van der Waals surface area contributed by atoms with Crippen LogP contribution in [-0.2, 0) is 0 Å². The summed E-state index contributed by atoms with van der Waals surface area (Å²) in [5.41, 5.74) is 0. The zero-order valence-electron chi connectivity index (χ0n) is 9.86. The van der Waals surface area contributed by atoms with E-state index in [0.717, 1.165) is 12.1 Å². The van der Waals surface area contributed by atoms with Gasteiger partial charge in [0.15, 0.2) is 0 Å². The predicted octanol–water partition coefficient (Wildman–Crippen LogP) is 2.18. The molecule has 1 saturated heterocycles. The van der Waals surface area contributed by atoms with Crippen molar-refractivity contribution in [3.05, 3.63) is 36.4 Å². The Morgan fingerprint density at radius 3 is 1.56 bits per heavy atom. The Morgan fingerprint density at radius 2 is 1.12 bits per heavy atom. The molecule has 0 bridgehead atoms. The fourth-order valence-corrected chi connectivity index (χ4v) is 1.96. The molecule has 1 saturated carbocycles. The van der Waals surface area contributed by atoms with E-state index in [0.29, 0.717) is 0 Å². The third kappa shape index (κ3) is 4.77. The van der Waals surface area contributed by atoms with Gasteiger partial charge in [-0.2, -0.15) is 0 Å². The molecule has 1 aromatic carbocycles. The van der Waals surface area contributed by atoms with Crippen molar-refractivity contribution in [3.63, 3.8) is 0 Å². The maximum Gasteiger partial charge on any atom is 0.00938 e. The fourth-order valence-electron chi connectivity index (χ4n) is 1.96. The zero-order chi connectivity index (χ0) is 11.1. The topological polar surface area (TPSA) is 24.1 Å². The molecule has 3 rings (SSSR count). The molecular formula is C14H22N2. The van der Waals surface area contributed by atoms with E-state index < -0.39 is 0 Å². The molecule has 88 valence electrons. The summed E-state index contributed by atoms with van der Waals surface area (Å²) in [5, 5.41) is 7.02. The lowest BCUT2D eigenvalue weighted by molar-refractivity contribution is 0.385. The molecule has 0 radical (unpaired) electrons. The second-order valence-electron chi connectivity index (χ2n) is 4.62. The van der Waals surface area contributed by atoms with E-state index in [9.17, 15) is 0 Å². The summed E-state index contributed by atoms with van der Waals surface area (Å²) in [6.45, 7) is 2.43. The molecule has 0 unspecified atom stereocenters. The highest BCUT2D eigenvalue weighted by Crippen LogP contribution is 2.20. The first kappa shape index (κ1) is 11.6. The highest BCUT2D eigenvalue weighted by atomic mass is 15.0. The minimum Gasteiger partial charge on any atom is -0.317 e. The average Bonchev–Trinajstić information content (AvgIpc) is 3.17. The lowest BCUT2D eigenvalue weighted by Gasteiger charge is -2.23. The molecule has 2 aliphatic rings. The van der Waals surface area contributed by atoms with Crippen LogP contribution in [0, 0.1) is 0 Å². The van der Waals surface area contributed by atoms with E-state index in [1.807, 2.05) is 36.4 Å². The van der Waals surface area contributed by atoms with Crippen LogP contribution in [0.25, 0.3) is 0 Å². The molecule has 0 spiro atoms. The van der Waals surface area contributed by atoms with Crippen LogP contribution >= 0.6 is 0 Å². The summed E-state index contributed by atoms with van der Waals surface area (Å²) in [5.74, 6) is 0. The van der Waals surface area contributed by atoms with Crippen LogP contribution in [0.5, 0.6) is 0 Å². The Balaban J connectivity index is 0.000000138. The van der Waals surface area contributed by atoms with Crippen molar-refractivity contribution in [2.75, 3.05) is 13.1 Å². The van der Waals surface area contributed by atoms with Crippen LogP contribution in [0.15, 0.2) is 36.4 Å². The SMILES string of the molecule is C1CC(NC2CC2)CCN1.c1ccccc1. The second-order valence-corrected chi connectivity index (χ2v) is 4.62. The monoisotopic (exact) mass is 218 g/mol. The normalized spacial score (nSPS) is 21.0. The van der Waals surface area contributed by atoms with Gasteiger partial charge in [-0.15, -0.1) is 0 Å². The number of nitrogens with one attached hydrogen (secondary N) is 2. The van der Waals surface area contributed by atoms with Crippen LogP contribution < -0.4 is 10.6 Å². The zero-order valence-corrected chi connectivity index (χ0v) is 9.86. The molecule has 2 N–H and O–H groups in total. The Morgan fingerprint density at radius 1 is 0.688 bits per heavy atom. The first-order valence-electron chi connectivity index (χ1n) is 6.42. The summed E-state index contributed by atoms with van der Waals surface area (Å²) >= 11 is 0. The van der Waals surface area contributed by atoms with Gasteiger partial charge >= 0.3 is 0 Å². The van der Waals surface area contributed by atoms with Crippen molar-refractivity contribution in [2.45, 2.75) is 37.8 Å². The third-order valence-electron chi connectivity index (χ3n) is 3.05. The number of piperidine rings is 1. The fraction of sp³-hybridized carbons (Fsp3) is 0.571. The Kier molecular flexibility index (Phi) is 4.84. The molecule has 1 aromatic rings. The van der Waals surface area contributed by atoms with Crippen molar-refractivity contribution >= 4 is 0 Å². The number of rotatable bonds is 2. The van der Waals surface area contributed by atoms with Gasteiger partial charge in [-0.3, -0.25) is 0 Å². The summed E-state index contributed by atoms with van der Waals surface area (Å²) < 4.78 is 0. The number of benzene rings is 1. The minimum atomic E-state index is 0.828. The molecule has 2 nitrogen and oxygen atoms in total. The van der Waals surface area contributed by atoms with Gasteiger partial charge in [0.05, 0.1) is 0 Å². The number of hydrogen-bond donors (Lipinski definition) is 2. The quantitative estimate of drug-likeness (QED) is 0.795. The molecular weight excluding hydrogens is 196 g/mol. The largest absolute Gasteiger partial charge is 0.317 e. The van der Waals surface area contributed by atoms with E-state index >= 15 is 0 Å². The molecule has 0 aromatic heterocycles. The van der Waals surface area contributed by atoms with Crippen LogP contribution in [0.4, 0.5) is 0 Å². The lowest BCUT2D eigenvalue weighted by atomic mass is 10.1. The molecule has 2 fully saturated rings. The third-order valence-corrected chi connectivity index (χ3v) is 3.05.